The molecule has 0 saturated carbocycles. The Labute approximate surface area is 103 Å². The molecule has 0 atom stereocenters. The minimum atomic E-state index is -0.981. The number of carbonyl (C=O) groups is 1. The van der Waals surface area contributed by atoms with Crippen LogP contribution in [-0.4, -0.2) is 26.6 Å². The van der Waals surface area contributed by atoms with Gasteiger partial charge in [0.1, 0.15) is 0 Å². The number of carboxylic acids is 1. The van der Waals surface area contributed by atoms with Gasteiger partial charge in [-0.1, -0.05) is 6.58 Å². The number of rotatable bonds is 1. The Morgan fingerprint density at radius 1 is 1.31 bits per heavy atom. The Kier molecular flexibility index (Phi) is 5.50. The van der Waals surface area contributed by atoms with Crippen molar-refractivity contribution in [2.45, 2.75) is 58.0 Å². The maximum Gasteiger partial charge on any atom is 0.327 e. The van der Waals surface area contributed by atoms with Gasteiger partial charge < -0.3 is 5.11 Å². The number of aliphatic carboxylic acids is 1. The Morgan fingerprint density at radius 2 is 1.62 bits per heavy atom. The summed E-state index contributed by atoms with van der Waals surface area (Å²) in [6.07, 6.45) is 4.54. The van der Waals surface area contributed by atoms with Crippen molar-refractivity contribution < 1.29 is 9.90 Å². The summed E-state index contributed by atoms with van der Waals surface area (Å²) in [5, 5.41) is 7.60. The number of carboxylic acid groups (broad SMARTS) is 1. The van der Waals surface area contributed by atoms with E-state index in [1.54, 1.807) is 0 Å². The first kappa shape index (κ1) is 15.5. The van der Waals surface area contributed by atoms with Gasteiger partial charge in [0.25, 0.3) is 0 Å². The second-order valence-corrected chi connectivity index (χ2v) is 5.64. The van der Waals surface area contributed by atoms with Crippen molar-refractivity contribution in [1.29, 1.82) is 0 Å². The van der Waals surface area contributed by atoms with Crippen LogP contribution in [0.1, 0.15) is 47.0 Å². The van der Waals surface area contributed by atoms with Gasteiger partial charge in [0.15, 0.2) is 0 Å². The van der Waals surface area contributed by atoms with Crippen LogP contribution in [0.5, 0.6) is 0 Å². The van der Waals surface area contributed by atoms with E-state index in [0.29, 0.717) is 0 Å². The highest BCUT2D eigenvalue weighted by atomic mass is 35.5. The molecule has 1 heterocycles. The SMILES string of the molecule is C=CC(=O)O.CC1(C)CCCC(C)(C)N1Cl. The normalized spacial score (nSPS) is 22.8. The van der Waals surface area contributed by atoms with Crippen LogP contribution in [0, 0.1) is 0 Å². The standard InChI is InChI=1S/C9H18ClN.C3H4O2/c1-8(2)6-5-7-9(3,4)11(8)10;1-2-3(4)5/h5-7H2,1-4H3;2H,1H2,(H,4,5). The van der Waals surface area contributed by atoms with E-state index in [-0.39, 0.29) is 11.1 Å². The summed E-state index contributed by atoms with van der Waals surface area (Å²) in [6.45, 7) is 11.8. The van der Waals surface area contributed by atoms with E-state index in [2.05, 4.69) is 34.3 Å². The second-order valence-electron chi connectivity index (χ2n) is 5.30. The van der Waals surface area contributed by atoms with Crippen LogP contribution >= 0.6 is 11.8 Å². The largest absolute Gasteiger partial charge is 0.478 e. The van der Waals surface area contributed by atoms with E-state index >= 15 is 0 Å². The molecule has 0 aliphatic carbocycles. The molecule has 1 aliphatic heterocycles. The maximum absolute atomic E-state index is 9.25. The molecule has 0 bridgehead atoms. The lowest BCUT2D eigenvalue weighted by atomic mass is 9.83. The highest BCUT2D eigenvalue weighted by Gasteiger charge is 2.40. The van der Waals surface area contributed by atoms with Crippen molar-refractivity contribution in [3.8, 4) is 0 Å². The van der Waals surface area contributed by atoms with Crippen LogP contribution in [0.3, 0.4) is 0 Å². The highest BCUT2D eigenvalue weighted by molar-refractivity contribution is 6.14. The van der Waals surface area contributed by atoms with E-state index in [4.69, 9.17) is 16.9 Å². The van der Waals surface area contributed by atoms with Crippen molar-refractivity contribution in [1.82, 2.24) is 4.42 Å². The topological polar surface area (TPSA) is 40.5 Å². The van der Waals surface area contributed by atoms with Gasteiger partial charge in [0.2, 0.25) is 0 Å². The first-order chi connectivity index (χ1) is 7.13. The number of nitrogens with zero attached hydrogens (tertiary/aromatic N) is 1. The third-order valence-corrected chi connectivity index (χ3v) is 3.73. The molecule has 3 nitrogen and oxygen atoms in total. The van der Waals surface area contributed by atoms with E-state index in [1.165, 1.54) is 19.3 Å². The van der Waals surface area contributed by atoms with Crippen LogP contribution in [0.15, 0.2) is 12.7 Å². The first-order valence-electron chi connectivity index (χ1n) is 5.45. The molecule has 1 aliphatic rings. The molecule has 0 amide bonds. The fraction of sp³-hybridized carbons (Fsp3) is 0.750. The number of hydrogen-bond donors (Lipinski definition) is 1. The molecular formula is C12H22ClNO2. The van der Waals surface area contributed by atoms with Crippen LogP contribution < -0.4 is 0 Å². The fourth-order valence-corrected chi connectivity index (χ4v) is 2.14. The van der Waals surface area contributed by atoms with Gasteiger partial charge in [-0.25, -0.2) is 9.21 Å². The van der Waals surface area contributed by atoms with Crippen LogP contribution in [-0.2, 0) is 4.79 Å². The number of hydrogen-bond acceptors (Lipinski definition) is 2. The molecule has 0 radical (unpaired) electrons. The Morgan fingerprint density at radius 3 is 1.81 bits per heavy atom. The predicted octanol–water partition coefficient (Wildman–Crippen LogP) is 3.44. The highest BCUT2D eigenvalue weighted by Crippen LogP contribution is 2.39. The second kappa shape index (κ2) is 5.69. The van der Waals surface area contributed by atoms with Gasteiger partial charge in [-0.2, -0.15) is 0 Å². The zero-order valence-electron chi connectivity index (χ0n) is 10.6. The molecule has 16 heavy (non-hydrogen) atoms. The lowest BCUT2D eigenvalue weighted by Crippen LogP contribution is -2.53. The van der Waals surface area contributed by atoms with E-state index < -0.39 is 5.97 Å². The molecule has 4 heteroatoms. The summed E-state index contributed by atoms with van der Waals surface area (Å²) < 4.78 is 1.99. The Bertz CT molecular complexity index is 246. The maximum atomic E-state index is 9.25. The zero-order valence-corrected chi connectivity index (χ0v) is 11.3. The quantitative estimate of drug-likeness (QED) is 0.570. The summed E-state index contributed by atoms with van der Waals surface area (Å²) in [5.74, 6) is -0.981. The molecule has 0 unspecified atom stereocenters. The molecule has 0 aromatic rings. The first-order valence-corrected chi connectivity index (χ1v) is 5.79. The van der Waals surface area contributed by atoms with Gasteiger partial charge in [-0.05, 0) is 58.7 Å². The van der Waals surface area contributed by atoms with Crippen LogP contribution in [0.25, 0.3) is 0 Å². The van der Waals surface area contributed by atoms with E-state index in [1.807, 2.05) is 4.42 Å². The lowest BCUT2D eigenvalue weighted by molar-refractivity contribution is -0.131. The molecule has 0 aromatic carbocycles. The van der Waals surface area contributed by atoms with Crippen molar-refractivity contribution in [2.24, 2.45) is 0 Å². The van der Waals surface area contributed by atoms with Gasteiger partial charge in [-0.15, -0.1) is 0 Å². The van der Waals surface area contributed by atoms with Gasteiger partial charge in [0.05, 0.1) is 0 Å². The van der Waals surface area contributed by atoms with E-state index in [0.717, 1.165) is 6.08 Å². The Balaban J connectivity index is 0.000000385. The summed E-state index contributed by atoms with van der Waals surface area (Å²) in [6, 6.07) is 0. The predicted molar refractivity (Wildman–Crippen MR) is 67.5 cm³/mol. The van der Waals surface area contributed by atoms with Gasteiger partial charge >= 0.3 is 5.97 Å². The third-order valence-electron chi connectivity index (χ3n) is 2.81. The smallest absolute Gasteiger partial charge is 0.327 e. The number of piperidine rings is 1. The molecule has 1 saturated heterocycles. The summed E-state index contributed by atoms with van der Waals surface area (Å²) in [5.41, 5.74) is 0.340. The minimum Gasteiger partial charge on any atom is -0.478 e. The average molecular weight is 248 g/mol. The summed E-state index contributed by atoms with van der Waals surface area (Å²) in [7, 11) is 0. The third kappa shape index (κ3) is 4.54. The average Bonchev–Trinajstić information content (AvgIpc) is 2.15. The van der Waals surface area contributed by atoms with E-state index in [9.17, 15) is 4.79 Å². The molecule has 0 spiro atoms. The van der Waals surface area contributed by atoms with Crippen LogP contribution in [0.2, 0.25) is 0 Å². The van der Waals surface area contributed by atoms with Crippen LogP contribution in [0.4, 0.5) is 0 Å². The fourth-order valence-electron chi connectivity index (χ4n) is 1.97. The molecule has 1 fully saturated rings. The molecule has 0 aromatic heterocycles. The summed E-state index contributed by atoms with van der Waals surface area (Å²) >= 11 is 6.23. The van der Waals surface area contributed by atoms with Crippen molar-refractivity contribution in [2.75, 3.05) is 0 Å². The molecule has 1 N–H and O–H groups in total. The van der Waals surface area contributed by atoms with Gasteiger partial charge in [-0.3, -0.25) is 0 Å². The molecular weight excluding hydrogens is 226 g/mol. The summed E-state index contributed by atoms with van der Waals surface area (Å²) in [4.78, 5) is 9.25. The lowest BCUT2D eigenvalue weighted by Gasteiger charge is -2.48. The van der Waals surface area contributed by atoms with Gasteiger partial charge in [0, 0.05) is 17.2 Å². The minimum absolute atomic E-state index is 0.170. The Hall–Kier alpha value is -0.540. The van der Waals surface area contributed by atoms with Crippen molar-refractivity contribution >= 4 is 17.7 Å². The number of halogens is 1. The zero-order chi connectivity index (χ0) is 13.0. The molecule has 1 rings (SSSR count). The molecule has 94 valence electrons. The van der Waals surface area contributed by atoms with Crippen molar-refractivity contribution in [3.63, 3.8) is 0 Å². The monoisotopic (exact) mass is 247 g/mol. The van der Waals surface area contributed by atoms with Crippen molar-refractivity contribution in [3.05, 3.63) is 12.7 Å².